The highest BCUT2D eigenvalue weighted by molar-refractivity contribution is 7.98. The SMILES string of the molecule is CSc1ccccc1C(=O)N1C2CCC1CN(C)CC2. The standard InChI is InChI=1S/C16H22N2OS/c1-17-10-9-12-7-8-13(11-17)18(12)16(19)14-5-3-4-6-15(14)20-2/h3-6,12-13H,7-11H2,1-2H3. The lowest BCUT2D eigenvalue weighted by molar-refractivity contribution is 0.0670. The molecule has 0 radical (unpaired) electrons. The minimum Gasteiger partial charge on any atom is -0.331 e. The quantitative estimate of drug-likeness (QED) is 0.783. The van der Waals surface area contributed by atoms with E-state index in [1.807, 2.05) is 30.5 Å². The number of likely N-dealkylation sites (N-methyl/N-ethyl adjacent to an activating group) is 1. The Labute approximate surface area is 125 Å². The summed E-state index contributed by atoms with van der Waals surface area (Å²) in [4.78, 5) is 18.6. The van der Waals surface area contributed by atoms with Crippen LogP contribution >= 0.6 is 11.8 Å². The highest BCUT2D eigenvalue weighted by Gasteiger charge is 2.39. The molecule has 4 heteroatoms. The molecular formula is C16H22N2OS. The summed E-state index contributed by atoms with van der Waals surface area (Å²) in [6.45, 7) is 2.12. The van der Waals surface area contributed by atoms with Gasteiger partial charge in [-0.05, 0) is 51.2 Å². The molecule has 3 nitrogen and oxygen atoms in total. The van der Waals surface area contributed by atoms with Crippen LogP contribution in [0.1, 0.15) is 29.6 Å². The van der Waals surface area contributed by atoms with Gasteiger partial charge < -0.3 is 9.80 Å². The number of nitrogens with zero attached hydrogens (tertiary/aromatic N) is 2. The number of hydrogen-bond donors (Lipinski definition) is 0. The van der Waals surface area contributed by atoms with Crippen LogP contribution in [0.2, 0.25) is 0 Å². The maximum absolute atomic E-state index is 13.0. The van der Waals surface area contributed by atoms with Gasteiger partial charge in [-0.1, -0.05) is 12.1 Å². The second kappa shape index (κ2) is 5.78. The predicted octanol–water partition coefficient (Wildman–Crippen LogP) is 2.72. The summed E-state index contributed by atoms with van der Waals surface area (Å²) in [5, 5.41) is 0. The first-order chi connectivity index (χ1) is 9.70. The molecule has 2 heterocycles. The number of benzene rings is 1. The van der Waals surface area contributed by atoms with Crippen molar-refractivity contribution in [3.05, 3.63) is 29.8 Å². The van der Waals surface area contributed by atoms with Crippen LogP contribution in [0, 0.1) is 0 Å². The van der Waals surface area contributed by atoms with Gasteiger partial charge in [0.2, 0.25) is 0 Å². The zero-order valence-electron chi connectivity index (χ0n) is 12.2. The highest BCUT2D eigenvalue weighted by atomic mass is 32.2. The Bertz CT molecular complexity index is 505. The number of fused-ring (bicyclic) bond motifs is 2. The van der Waals surface area contributed by atoms with E-state index in [0.717, 1.165) is 36.4 Å². The molecule has 2 fully saturated rings. The summed E-state index contributed by atoms with van der Waals surface area (Å²) in [5.74, 6) is 0.234. The first-order valence-electron chi connectivity index (χ1n) is 7.35. The van der Waals surface area contributed by atoms with Crippen molar-refractivity contribution in [1.29, 1.82) is 0 Å². The van der Waals surface area contributed by atoms with Gasteiger partial charge in [-0.2, -0.15) is 0 Å². The Morgan fingerprint density at radius 1 is 1.20 bits per heavy atom. The van der Waals surface area contributed by atoms with E-state index in [1.165, 1.54) is 6.42 Å². The number of amides is 1. The van der Waals surface area contributed by atoms with Gasteiger partial charge in [0.25, 0.3) is 5.91 Å². The summed E-state index contributed by atoms with van der Waals surface area (Å²) in [6.07, 6.45) is 5.48. The molecule has 0 aliphatic carbocycles. The molecule has 0 saturated carbocycles. The van der Waals surface area contributed by atoms with Gasteiger partial charge in [0.05, 0.1) is 5.56 Å². The van der Waals surface area contributed by atoms with Crippen molar-refractivity contribution in [2.24, 2.45) is 0 Å². The molecule has 2 bridgehead atoms. The lowest BCUT2D eigenvalue weighted by Crippen LogP contribution is -2.42. The molecule has 0 N–H and O–H groups in total. The predicted molar refractivity (Wildman–Crippen MR) is 83.3 cm³/mol. The third-order valence-corrected chi connectivity index (χ3v) is 5.35. The van der Waals surface area contributed by atoms with Crippen LogP contribution in [-0.4, -0.2) is 54.2 Å². The summed E-state index contributed by atoms with van der Waals surface area (Å²) in [5.41, 5.74) is 0.876. The number of carbonyl (C=O) groups is 1. The molecule has 108 valence electrons. The Morgan fingerprint density at radius 3 is 2.75 bits per heavy atom. The monoisotopic (exact) mass is 290 g/mol. The van der Waals surface area contributed by atoms with Crippen molar-refractivity contribution >= 4 is 17.7 Å². The summed E-state index contributed by atoms with van der Waals surface area (Å²) in [6, 6.07) is 8.83. The minimum absolute atomic E-state index is 0.234. The van der Waals surface area contributed by atoms with Crippen molar-refractivity contribution < 1.29 is 4.79 Å². The van der Waals surface area contributed by atoms with E-state index in [2.05, 4.69) is 16.8 Å². The zero-order chi connectivity index (χ0) is 14.1. The molecule has 3 rings (SSSR count). The van der Waals surface area contributed by atoms with E-state index in [9.17, 15) is 4.79 Å². The highest BCUT2D eigenvalue weighted by Crippen LogP contribution is 2.33. The van der Waals surface area contributed by atoms with E-state index in [1.54, 1.807) is 11.8 Å². The average Bonchev–Trinajstić information content (AvgIpc) is 2.78. The molecule has 1 aromatic carbocycles. The van der Waals surface area contributed by atoms with E-state index in [0.29, 0.717) is 12.1 Å². The second-order valence-corrected chi connectivity index (χ2v) is 6.70. The molecule has 1 aromatic rings. The smallest absolute Gasteiger partial charge is 0.255 e. The Hall–Kier alpha value is -1.00. The van der Waals surface area contributed by atoms with Crippen LogP contribution in [0.25, 0.3) is 0 Å². The Morgan fingerprint density at radius 2 is 1.95 bits per heavy atom. The van der Waals surface area contributed by atoms with Crippen LogP contribution in [0.5, 0.6) is 0 Å². The number of likely N-dealkylation sites (tertiary alicyclic amines) is 1. The van der Waals surface area contributed by atoms with Gasteiger partial charge in [-0.15, -0.1) is 11.8 Å². The molecule has 2 aliphatic heterocycles. The van der Waals surface area contributed by atoms with Crippen molar-refractivity contribution in [3.63, 3.8) is 0 Å². The van der Waals surface area contributed by atoms with Crippen LogP contribution in [-0.2, 0) is 0 Å². The fourth-order valence-electron chi connectivity index (χ4n) is 3.54. The molecule has 2 unspecified atom stereocenters. The number of thioether (sulfide) groups is 1. The van der Waals surface area contributed by atoms with E-state index < -0.39 is 0 Å². The summed E-state index contributed by atoms with van der Waals surface area (Å²) in [7, 11) is 2.17. The molecular weight excluding hydrogens is 268 g/mol. The Balaban J connectivity index is 1.90. The second-order valence-electron chi connectivity index (χ2n) is 5.85. The summed E-state index contributed by atoms with van der Waals surface area (Å²) < 4.78 is 0. The number of hydrogen-bond acceptors (Lipinski definition) is 3. The van der Waals surface area contributed by atoms with E-state index >= 15 is 0 Å². The van der Waals surface area contributed by atoms with Crippen molar-refractivity contribution in [1.82, 2.24) is 9.80 Å². The summed E-state index contributed by atoms with van der Waals surface area (Å²) >= 11 is 1.66. The first kappa shape index (κ1) is 14.0. The van der Waals surface area contributed by atoms with Gasteiger partial charge in [0.1, 0.15) is 0 Å². The van der Waals surface area contributed by atoms with Crippen LogP contribution < -0.4 is 0 Å². The van der Waals surface area contributed by atoms with Gasteiger partial charge in [-0.3, -0.25) is 4.79 Å². The molecule has 2 saturated heterocycles. The average molecular weight is 290 g/mol. The maximum atomic E-state index is 13.0. The third kappa shape index (κ3) is 2.47. The van der Waals surface area contributed by atoms with Gasteiger partial charge in [0, 0.05) is 23.5 Å². The third-order valence-electron chi connectivity index (χ3n) is 4.56. The fourth-order valence-corrected chi connectivity index (χ4v) is 4.13. The number of carbonyl (C=O) groups excluding carboxylic acids is 1. The first-order valence-corrected chi connectivity index (χ1v) is 8.57. The van der Waals surface area contributed by atoms with Crippen molar-refractivity contribution in [3.8, 4) is 0 Å². The lowest BCUT2D eigenvalue weighted by atomic mass is 10.1. The number of rotatable bonds is 2. The van der Waals surface area contributed by atoms with Crippen LogP contribution in [0.3, 0.4) is 0 Å². The van der Waals surface area contributed by atoms with Crippen LogP contribution in [0.15, 0.2) is 29.2 Å². The van der Waals surface area contributed by atoms with E-state index in [4.69, 9.17) is 0 Å². The maximum Gasteiger partial charge on any atom is 0.255 e. The Kier molecular flexibility index (Phi) is 4.03. The van der Waals surface area contributed by atoms with Crippen molar-refractivity contribution in [2.45, 2.75) is 36.2 Å². The van der Waals surface area contributed by atoms with Gasteiger partial charge in [-0.25, -0.2) is 0 Å². The molecule has 2 aliphatic rings. The normalized spacial score (nSPS) is 26.6. The molecule has 2 atom stereocenters. The molecule has 0 aromatic heterocycles. The lowest BCUT2D eigenvalue weighted by Gasteiger charge is -2.29. The zero-order valence-corrected chi connectivity index (χ0v) is 13.0. The molecule has 0 spiro atoms. The molecule has 1 amide bonds. The van der Waals surface area contributed by atoms with E-state index in [-0.39, 0.29) is 5.91 Å². The topological polar surface area (TPSA) is 23.6 Å². The van der Waals surface area contributed by atoms with Crippen LogP contribution in [0.4, 0.5) is 0 Å². The van der Waals surface area contributed by atoms with Gasteiger partial charge in [0.15, 0.2) is 0 Å². The molecule has 20 heavy (non-hydrogen) atoms. The fraction of sp³-hybridized carbons (Fsp3) is 0.562. The van der Waals surface area contributed by atoms with Gasteiger partial charge >= 0.3 is 0 Å². The largest absolute Gasteiger partial charge is 0.331 e. The van der Waals surface area contributed by atoms with Crippen molar-refractivity contribution in [2.75, 3.05) is 26.4 Å². The minimum atomic E-state index is 0.234.